The summed E-state index contributed by atoms with van der Waals surface area (Å²) in [5, 5.41) is 9.53. The fourth-order valence-corrected chi connectivity index (χ4v) is 1.72. The Hall–Kier alpha value is -1.51. The van der Waals surface area contributed by atoms with Crippen LogP contribution in [-0.4, -0.2) is 17.6 Å². The van der Waals surface area contributed by atoms with Gasteiger partial charge in [-0.3, -0.25) is 4.79 Å². The molecule has 0 spiro atoms. The normalized spacial score (nSPS) is 11.4. The average molecular weight is 235 g/mol. The molecule has 0 atom stereocenters. The number of hydrogen-bond acceptors (Lipinski definition) is 2. The summed E-state index contributed by atoms with van der Waals surface area (Å²) in [4.78, 5) is 14.0. The van der Waals surface area contributed by atoms with Gasteiger partial charge in [0.1, 0.15) is 5.75 Å². The van der Waals surface area contributed by atoms with Crippen LogP contribution >= 0.6 is 0 Å². The maximum Gasteiger partial charge on any atom is 0.232 e. The van der Waals surface area contributed by atoms with E-state index in [9.17, 15) is 9.90 Å². The highest BCUT2D eigenvalue weighted by Crippen LogP contribution is 2.28. The van der Waals surface area contributed by atoms with Crippen LogP contribution in [-0.2, 0) is 4.79 Å². The number of phenols is 1. The number of aryl methyl sites for hydroxylation is 1. The van der Waals surface area contributed by atoms with Crippen molar-refractivity contribution in [3.63, 3.8) is 0 Å². The van der Waals surface area contributed by atoms with Crippen molar-refractivity contribution in [3.05, 3.63) is 23.8 Å². The number of hydrogen-bond donors (Lipinski definition) is 1. The van der Waals surface area contributed by atoms with Gasteiger partial charge >= 0.3 is 0 Å². The van der Waals surface area contributed by atoms with E-state index < -0.39 is 5.41 Å². The van der Waals surface area contributed by atoms with E-state index >= 15 is 0 Å². The van der Waals surface area contributed by atoms with Crippen LogP contribution in [0.15, 0.2) is 18.2 Å². The molecule has 94 valence electrons. The standard InChI is InChI=1S/C14H21NO2/c1-6-15(13(17)14(3,4)5)12-9-11(16)8-7-10(12)2/h7-9,16H,6H2,1-5H3. The van der Waals surface area contributed by atoms with E-state index in [0.29, 0.717) is 6.54 Å². The molecule has 0 aliphatic rings. The van der Waals surface area contributed by atoms with Crippen molar-refractivity contribution in [2.24, 2.45) is 5.41 Å². The molecule has 1 rings (SSSR count). The second-order valence-electron chi connectivity index (χ2n) is 5.27. The summed E-state index contributed by atoms with van der Waals surface area (Å²) in [6, 6.07) is 5.10. The maximum atomic E-state index is 12.3. The first-order valence-electron chi connectivity index (χ1n) is 5.89. The van der Waals surface area contributed by atoms with E-state index in [0.717, 1.165) is 11.3 Å². The number of carbonyl (C=O) groups is 1. The lowest BCUT2D eigenvalue weighted by atomic mass is 9.94. The monoisotopic (exact) mass is 235 g/mol. The van der Waals surface area contributed by atoms with Crippen LogP contribution in [0.4, 0.5) is 5.69 Å². The van der Waals surface area contributed by atoms with Crippen molar-refractivity contribution in [1.82, 2.24) is 0 Å². The Morgan fingerprint density at radius 3 is 2.41 bits per heavy atom. The maximum absolute atomic E-state index is 12.3. The molecule has 3 nitrogen and oxygen atoms in total. The quantitative estimate of drug-likeness (QED) is 0.855. The number of anilines is 1. The largest absolute Gasteiger partial charge is 0.508 e. The lowest BCUT2D eigenvalue weighted by Crippen LogP contribution is -2.39. The lowest BCUT2D eigenvalue weighted by Gasteiger charge is -2.29. The number of benzene rings is 1. The molecule has 1 N–H and O–H groups in total. The van der Waals surface area contributed by atoms with E-state index in [-0.39, 0.29) is 11.7 Å². The van der Waals surface area contributed by atoms with Gasteiger partial charge in [-0.05, 0) is 25.5 Å². The molecule has 1 amide bonds. The van der Waals surface area contributed by atoms with Crippen molar-refractivity contribution in [1.29, 1.82) is 0 Å². The van der Waals surface area contributed by atoms with Crippen LogP contribution in [0.3, 0.4) is 0 Å². The Morgan fingerprint density at radius 1 is 1.35 bits per heavy atom. The number of amides is 1. The molecule has 1 aromatic carbocycles. The average Bonchev–Trinajstić information content (AvgIpc) is 2.22. The van der Waals surface area contributed by atoms with E-state index in [1.165, 1.54) is 0 Å². The zero-order valence-corrected chi connectivity index (χ0v) is 11.2. The molecule has 0 aliphatic carbocycles. The van der Waals surface area contributed by atoms with Crippen LogP contribution in [0.2, 0.25) is 0 Å². The van der Waals surface area contributed by atoms with Crippen molar-refractivity contribution >= 4 is 11.6 Å². The number of aromatic hydroxyl groups is 1. The van der Waals surface area contributed by atoms with Crippen molar-refractivity contribution in [2.45, 2.75) is 34.6 Å². The predicted octanol–water partition coefficient (Wildman–Crippen LogP) is 3.10. The molecule has 0 saturated carbocycles. The molecule has 0 saturated heterocycles. The Labute approximate surface area is 103 Å². The van der Waals surface area contributed by atoms with Gasteiger partial charge in [-0.25, -0.2) is 0 Å². The van der Waals surface area contributed by atoms with Gasteiger partial charge in [0.2, 0.25) is 5.91 Å². The molecule has 0 fully saturated rings. The van der Waals surface area contributed by atoms with E-state index in [1.54, 1.807) is 17.0 Å². The van der Waals surface area contributed by atoms with E-state index in [4.69, 9.17) is 0 Å². The number of nitrogens with zero attached hydrogens (tertiary/aromatic N) is 1. The van der Waals surface area contributed by atoms with Gasteiger partial charge < -0.3 is 10.0 Å². The summed E-state index contributed by atoms with van der Waals surface area (Å²) in [6.07, 6.45) is 0. The molecular formula is C14H21NO2. The van der Waals surface area contributed by atoms with Crippen LogP contribution in [0.25, 0.3) is 0 Å². The summed E-state index contributed by atoms with van der Waals surface area (Å²) in [7, 11) is 0. The molecule has 17 heavy (non-hydrogen) atoms. The smallest absolute Gasteiger partial charge is 0.232 e. The highest BCUT2D eigenvalue weighted by molar-refractivity contribution is 5.97. The second-order valence-corrected chi connectivity index (χ2v) is 5.27. The van der Waals surface area contributed by atoms with Crippen LogP contribution < -0.4 is 4.90 Å². The lowest BCUT2D eigenvalue weighted by molar-refractivity contribution is -0.125. The minimum atomic E-state index is -0.423. The third-order valence-corrected chi connectivity index (χ3v) is 2.69. The summed E-state index contributed by atoms with van der Waals surface area (Å²) in [5.74, 6) is 0.249. The van der Waals surface area contributed by atoms with Crippen LogP contribution in [0.5, 0.6) is 5.75 Å². The van der Waals surface area contributed by atoms with Gasteiger partial charge in [-0.1, -0.05) is 26.8 Å². The summed E-state index contributed by atoms with van der Waals surface area (Å²) < 4.78 is 0. The van der Waals surface area contributed by atoms with E-state index in [2.05, 4.69) is 0 Å². The van der Waals surface area contributed by atoms with Gasteiger partial charge in [-0.15, -0.1) is 0 Å². The fourth-order valence-electron chi connectivity index (χ4n) is 1.72. The molecule has 0 radical (unpaired) electrons. The van der Waals surface area contributed by atoms with Crippen molar-refractivity contribution in [3.8, 4) is 5.75 Å². The number of carbonyl (C=O) groups excluding carboxylic acids is 1. The third kappa shape index (κ3) is 2.99. The first-order chi connectivity index (χ1) is 7.77. The zero-order valence-electron chi connectivity index (χ0n) is 11.2. The Bertz CT molecular complexity index is 419. The minimum absolute atomic E-state index is 0.0636. The zero-order chi connectivity index (χ0) is 13.2. The fraction of sp³-hybridized carbons (Fsp3) is 0.500. The highest BCUT2D eigenvalue weighted by atomic mass is 16.3. The Kier molecular flexibility index (Phi) is 3.81. The van der Waals surface area contributed by atoms with Gasteiger partial charge in [0, 0.05) is 18.0 Å². The number of rotatable bonds is 2. The summed E-state index contributed by atoms with van der Waals surface area (Å²) >= 11 is 0. The molecule has 3 heteroatoms. The second kappa shape index (κ2) is 4.78. The van der Waals surface area contributed by atoms with Gasteiger partial charge in [0.15, 0.2) is 0 Å². The Balaban J connectivity index is 3.18. The summed E-state index contributed by atoms with van der Waals surface area (Å²) in [5.41, 5.74) is 1.35. The highest BCUT2D eigenvalue weighted by Gasteiger charge is 2.28. The first kappa shape index (κ1) is 13.6. The molecule has 0 aliphatic heterocycles. The van der Waals surface area contributed by atoms with Gasteiger partial charge in [0.05, 0.1) is 5.69 Å². The molecule has 0 unspecified atom stereocenters. The molecule has 1 aromatic rings. The van der Waals surface area contributed by atoms with Crippen LogP contribution in [0, 0.1) is 12.3 Å². The Morgan fingerprint density at radius 2 is 1.94 bits per heavy atom. The first-order valence-corrected chi connectivity index (χ1v) is 5.89. The number of phenolic OH excluding ortho intramolecular Hbond substituents is 1. The molecule has 0 aromatic heterocycles. The summed E-state index contributed by atoms with van der Waals surface area (Å²) in [6.45, 7) is 10.2. The minimum Gasteiger partial charge on any atom is -0.508 e. The van der Waals surface area contributed by atoms with Crippen LogP contribution in [0.1, 0.15) is 33.3 Å². The van der Waals surface area contributed by atoms with Gasteiger partial charge in [-0.2, -0.15) is 0 Å². The van der Waals surface area contributed by atoms with Crippen molar-refractivity contribution < 1.29 is 9.90 Å². The SMILES string of the molecule is CCN(C(=O)C(C)(C)C)c1cc(O)ccc1C. The van der Waals surface area contributed by atoms with Crippen molar-refractivity contribution in [2.75, 3.05) is 11.4 Å². The topological polar surface area (TPSA) is 40.5 Å². The molecule has 0 heterocycles. The third-order valence-electron chi connectivity index (χ3n) is 2.69. The van der Waals surface area contributed by atoms with E-state index in [1.807, 2.05) is 40.7 Å². The molecular weight excluding hydrogens is 214 g/mol. The predicted molar refractivity (Wildman–Crippen MR) is 70.3 cm³/mol. The molecule has 0 bridgehead atoms. The van der Waals surface area contributed by atoms with Gasteiger partial charge in [0.25, 0.3) is 0 Å².